The molecule has 0 aliphatic carbocycles. The summed E-state index contributed by atoms with van der Waals surface area (Å²) < 4.78 is 0. The van der Waals surface area contributed by atoms with E-state index in [4.69, 9.17) is 5.11 Å². The quantitative estimate of drug-likeness (QED) is 0.791. The summed E-state index contributed by atoms with van der Waals surface area (Å²) in [7, 11) is 0. The first-order valence-corrected chi connectivity index (χ1v) is 7.16. The molecule has 19 heavy (non-hydrogen) atoms. The van der Waals surface area contributed by atoms with Gasteiger partial charge in [-0.15, -0.1) is 0 Å². The molecule has 2 aliphatic heterocycles. The van der Waals surface area contributed by atoms with Gasteiger partial charge < -0.3 is 14.9 Å². The minimum atomic E-state index is -0.781. The molecule has 2 amide bonds. The molecule has 1 N–H and O–H groups in total. The summed E-state index contributed by atoms with van der Waals surface area (Å²) in [5.41, 5.74) is 0.176. The van der Waals surface area contributed by atoms with Crippen molar-refractivity contribution in [2.75, 3.05) is 26.2 Å². The average Bonchev–Trinajstić information content (AvgIpc) is 2.37. The monoisotopic (exact) mass is 268 g/mol. The second-order valence-electron chi connectivity index (χ2n) is 6.60. The van der Waals surface area contributed by atoms with Crippen LogP contribution in [0.2, 0.25) is 0 Å². The van der Waals surface area contributed by atoms with E-state index in [-0.39, 0.29) is 11.4 Å². The van der Waals surface area contributed by atoms with Gasteiger partial charge in [-0.3, -0.25) is 4.79 Å². The van der Waals surface area contributed by atoms with Gasteiger partial charge in [-0.2, -0.15) is 0 Å². The first-order chi connectivity index (χ1) is 8.89. The fourth-order valence-corrected chi connectivity index (χ4v) is 3.14. The lowest BCUT2D eigenvalue weighted by atomic mass is 9.84. The summed E-state index contributed by atoms with van der Waals surface area (Å²) >= 11 is 0. The molecule has 2 fully saturated rings. The smallest absolute Gasteiger partial charge is 0.320 e. The Labute approximate surface area is 114 Å². The van der Waals surface area contributed by atoms with Gasteiger partial charge in [0, 0.05) is 26.2 Å². The van der Waals surface area contributed by atoms with E-state index in [1.54, 1.807) is 4.90 Å². The molecule has 5 heteroatoms. The maximum Gasteiger partial charge on any atom is 0.320 e. The number of urea groups is 1. The van der Waals surface area contributed by atoms with Crippen LogP contribution in [0.25, 0.3) is 0 Å². The SMILES string of the molecule is CC1(C)CCCN(C(=O)N2CCC[C@H](C(=O)O)C2)C1. The molecule has 108 valence electrons. The fraction of sp³-hybridized carbons (Fsp3) is 0.857. The molecule has 1 atom stereocenters. The lowest BCUT2D eigenvalue weighted by Crippen LogP contribution is -2.52. The zero-order valence-corrected chi connectivity index (χ0v) is 11.9. The molecule has 2 rings (SSSR count). The highest BCUT2D eigenvalue weighted by molar-refractivity contribution is 5.76. The van der Waals surface area contributed by atoms with Crippen LogP contribution in [0.4, 0.5) is 4.79 Å². The molecule has 0 spiro atoms. The molecule has 0 aromatic heterocycles. The number of aliphatic carboxylic acids is 1. The van der Waals surface area contributed by atoms with Crippen LogP contribution in [0.1, 0.15) is 39.5 Å². The van der Waals surface area contributed by atoms with Gasteiger partial charge in [-0.25, -0.2) is 4.79 Å². The Bertz CT molecular complexity index is 368. The molecular weight excluding hydrogens is 244 g/mol. The highest BCUT2D eigenvalue weighted by Crippen LogP contribution is 2.29. The van der Waals surface area contributed by atoms with E-state index < -0.39 is 11.9 Å². The number of rotatable bonds is 1. The van der Waals surface area contributed by atoms with Crippen LogP contribution in [-0.4, -0.2) is 53.1 Å². The standard InChI is InChI=1S/C14H24N2O3/c1-14(2)6-4-8-16(10-14)13(19)15-7-3-5-11(9-15)12(17)18/h11H,3-10H2,1-2H3,(H,17,18)/t11-/m0/s1. The Morgan fingerprint density at radius 2 is 1.84 bits per heavy atom. The summed E-state index contributed by atoms with van der Waals surface area (Å²) in [6.07, 6.45) is 3.66. The summed E-state index contributed by atoms with van der Waals surface area (Å²) in [4.78, 5) is 27.1. The van der Waals surface area contributed by atoms with Gasteiger partial charge in [0.1, 0.15) is 0 Å². The number of carbonyl (C=O) groups excluding carboxylic acids is 1. The minimum Gasteiger partial charge on any atom is -0.481 e. The van der Waals surface area contributed by atoms with Crippen molar-refractivity contribution >= 4 is 12.0 Å². The van der Waals surface area contributed by atoms with Gasteiger partial charge in [-0.05, 0) is 31.1 Å². The van der Waals surface area contributed by atoms with Gasteiger partial charge in [0.05, 0.1) is 5.92 Å². The molecule has 0 aromatic rings. The van der Waals surface area contributed by atoms with Gasteiger partial charge in [0.15, 0.2) is 0 Å². The molecular formula is C14H24N2O3. The van der Waals surface area contributed by atoms with E-state index in [0.29, 0.717) is 19.5 Å². The van der Waals surface area contributed by atoms with Gasteiger partial charge >= 0.3 is 12.0 Å². The Balaban J connectivity index is 1.97. The lowest BCUT2D eigenvalue weighted by molar-refractivity contribution is -0.143. The van der Waals surface area contributed by atoms with Crippen LogP contribution in [0.3, 0.4) is 0 Å². The normalized spacial score (nSPS) is 27.2. The highest BCUT2D eigenvalue weighted by atomic mass is 16.4. The number of hydrogen-bond donors (Lipinski definition) is 1. The molecule has 2 heterocycles. The summed E-state index contributed by atoms with van der Waals surface area (Å²) in [5.74, 6) is -1.17. The molecule has 5 nitrogen and oxygen atoms in total. The molecule has 0 radical (unpaired) electrons. The number of likely N-dealkylation sites (tertiary alicyclic amines) is 2. The molecule has 2 aliphatic rings. The zero-order chi connectivity index (χ0) is 14.0. The topological polar surface area (TPSA) is 60.9 Å². The Kier molecular flexibility index (Phi) is 4.02. The number of hydrogen-bond acceptors (Lipinski definition) is 2. The van der Waals surface area contributed by atoms with Crippen molar-refractivity contribution in [2.24, 2.45) is 11.3 Å². The maximum atomic E-state index is 12.5. The van der Waals surface area contributed by atoms with Crippen molar-refractivity contribution in [3.63, 3.8) is 0 Å². The van der Waals surface area contributed by atoms with E-state index >= 15 is 0 Å². The third-order valence-electron chi connectivity index (χ3n) is 4.21. The largest absolute Gasteiger partial charge is 0.481 e. The Hall–Kier alpha value is -1.26. The number of amides is 2. The number of piperidine rings is 2. The van der Waals surface area contributed by atoms with Crippen molar-refractivity contribution in [3.05, 3.63) is 0 Å². The number of carboxylic acid groups (broad SMARTS) is 1. The number of nitrogens with zero attached hydrogens (tertiary/aromatic N) is 2. The fourth-order valence-electron chi connectivity index (χ4n) is 3.14. The van der Waals surface area contributed by atoms with Crippen LogP contribution in [0.15, 0.2) is 0 Å². The third-order valence-corrected chi connectivity index (χ3v) is 4.21. The molecule has 2 saturated heterocycles. The molecule has 0 unspecified atom stereocenters. The van der Waals surface area contributed by atoms with Gasteiger partial charge in [0.2, 0.25) is 0 Å². The van der Waals surface area contributed by atoms with Crippen molar-refractivity contribution < 1.29 is 14.7 Å². The van der Waals surface area contributed by atoms with Crippen molar-refractivity contribution in [1.29, 1.82) is 0 Å². The highest BCUT2D eigenvalue weighted by Gasteiger charge is 2.34. The first-order valence-electron chi connectivity index (χ1n) is 7.16. The van der Waals surface area contributed by atoms with E-state index in [0.717, 1.165) is 32.4 Å². The van der Waals surface area contributed by atoms with Crippen LogP contribution in [-0.2, 0) is 4.79 Å². The lowest BCUT2D eigenvalue weighted by Gasteiger charge is -2.41. The summed E-state index contributed by atoms with van der Waals surface area (Å²) in [6.45, 7) is 7.01. The third kappa shape index (κ3) is 3.39. The van der Waals surface area contributed by atoms with Gasteiger partial charge in [0.25, 0.3) is 0 Å². The van der Waals surface area contributed by atoms with Crippen molar-refractivity contribution in [2.45, 2.75) is 39.5 Å². The molecule has 0 aromatic carbocycles. The number of carbonyl (C=O) groups is 2. The minimum absolute atomic E-state index is 0.0266. The van der Waals surface area contributed by atoms with Crippen LogP contribution < -0.4 is 0 Å². The van der Waals surface area contributed by atoms with E-state index in [9.17, 15) is 9.59 Å². The molecule has 0 saturated carbocycles. The van der Waals surface area contributed by atoms with Crippen molar-refractivity contribution in [1.82, 2.24) is 9.80 Å². The molecule has 0 bridgehead atoms. The predicted octanol–water partition coefficient (Wildman–Crippen LogP) is 2.03. The van der Waals surface area contributed by atoms with Crippen LogP contribution >= 0.6 is 0 Å². The predicted molar refractivity (Wildman–Crippen MR) is 71.9 cm³/mol. The van der Waals surface area contributed by atoms with E-state index in [1.807, 2.05) is 4.90 Å². The Morgan fingerprint density at radius 3 is 2.47 bits per heavy atom. The van der Waals surface area contributed by atoms with Crippen LogP contribution in [0.5, 0.6) is 0 Å². The number of carboxylic acids is 1. The second-order valence-corrected chi connectivity index (χ2v) is 6.60. The maximum absolute atomic E-state index is 12.5. The van der Waals surface area contributed by atoms with E-state index in [1.165, 1.54) is 0 Å². The van der Waals surface area contributed by atoms with Crippen molar-refractivity contribution in [3.8, 4) is 0 Å². The summed E-state index contributed by atoms with van der Waals surface area (Å²) in [6, 6.07) is 0.0266. The van der Waals surface area contributed by atoms with Crippen LogP contribution in [0, 0.1) is 11.3 Å². The zero-order valence-electron chi connectivity index (χ0n) is 11.9. The first kappa shape index (κ1) is 14.2. The summed E-state index contributed by atoms with van der Waals surface area (Å²) in [5, 5.41) is 9.08. The average molecular weight is 268 g/mol. The van der Waals surface area contributed by atoms with E-state index in [2.05, 4.69) is 13.8 Å². The second kappa shape index (κ2) is 5.39. The Morgan fingerprint density at radius 1 is 1.16 bits per heavy atom. The van der Waals surface area contributed by atoms with Gasteiger partial charge in [-0.1, -0.05) is 13.8 Å².